The van der Waals surface area contributed by atoms with Crippen molar-refractivity contribution in [1.29, 1.82) is 0 Å². The van der Waals surface area contributed by atoms with Crippen LogP contribution in [0.3, 0.4) is 0 Å². The average molecular weight is 455 g/mol. The lowest BCUT2D eigenvalue weighted by molar-refractivity contribution is 0.100. The van der Waals surface area contributed by atoms with Crippen molar-refractivity contribution in [3.63, 3.8) is 0 Å². The van der Waals surface area contributed by atoms with E-state index in [1.54, 1.807) is 6.07 Å². The molecular weight excluding hydrogens is 429 g/mol. The van der Waals surface area contributed by atoms with Gasteiger partial charge in [0.25, 0.3) is 5.91 Å². The third kappa shape index (κ3) is 5.17. The van der Waals surface area contributed by atoms with Crippen molar-refractivity contribution in [3.8, 4) is 11.6 Å². The van der Waals surface area contributed by atoms with Gasteiger partial charge in [-0.25, -0.2) is 14.4 Å². The van der Waals surface area contributed by atoms with Crippen LogP contribution in [0.1, 0.15) is 36.5 Å². The number of hydrogen-bond donors (Lipinski definition) is 4. The highest BCUT2D eigenvalue weighted by Gasteiger charge is 2.28. The first-order chi connectivity index (χ1) is 15.9. The Morgan fingerprint density at radius 1 is 1.30 bits per heavy atom. The van der Waals surface area contributed by atoms with Gasteiger partial charge in [-0.05, 0) is 31.4 Å². The number of carbonyl (C=O) groups is 1. The molecule has 174 valence electrons. The van der Waals surface area contributed by atoms with Gasteiger partial charge >= 0.3 is 0 Å². The van der Waals surface area contributed by atoms with Crippen LogP contribution in [0.2, 0.25) is 0 Å². The molecule has 4 rings (SSSR count). The number of anilines is 3. The van der Waals surface area contributed by atoms with Gasteiger partial charge in [-0.3, -0.25) is 4.79 Å². The van der Waals surface area contributed by atoms with Crippen LogP contribution in [0.15, 0.2) is 30.7 Å². The normalized spacial score (nSPS) is 15.0. The van der Waals surface area contributed by atoms with Gasteiger partial charge in [0.15, 0.2) is 11.6 Å². The number of amides is 1. The van der Waals surface area contributed by atoms with E-state index in [0.717, 1.165) is 25.3 Å². The third-order valence-electron chi connectivity index (χ3n) is 5.40. The molecule has 1 amide bonds. The van der Waals surface area contributed by atoms with Crippen molar-refractivity contribution in [3.05, 3.63) is 42.1 Å². The highest BCUT2D eigenvalue weighted by Crippen LogP contribution is 2.35. The molecular formula is C21H26FN9O2. The van der Waals surface area contributed by atoms with E-state index in [4.69, 9.17) is 16.2 Å². The number of ether oxygens (including phenoxy) is 1. The molecule has 0 aliphatic heterocycles. The van der Waals surface area contributed by atoms with Gasteiger partial charge in [-0.15, -0.1) is 4.80 Å². The maximum Gasteiger partial charge on any atom is 0.252 e. The predicted molar refractivity (Wildman–Crippen MR) is 120 cm³/mol. The summed E-state index contributed by atoms with van der Waals surface area (Å²) in [6, 6.07) is 2.34. The van der Waals surface area contributed by atoms with Crippen molar-refractivity contribution < 1.29 is 13.9 Å². The van der Waals surface area contributed by atoms with Crippen molar-refractivity contribution in [2.24, 2.45) is 17.4 Å². The molecule has 0 unspecified atom stereocenters. The number of aromatic nitrogens is 5. The number of nitrogens with one attached hydrogen (secondary N) is 2. The van der Waals surface area contributed by atoms with E-state index >= 15 is 0 Å². The minimum Gasteiger partial charge on any atom is -0.479 e. The van der Waals surface area contributed by atoms with Crippen LogP contribution in [0.5, 0.6) is 5.88 Å². The summed E-state index contributed by atoms with van der Waals surface area (Å²) in [5.74, 6) is -0.578. The van der Waals surface area contributed by atoms with Gasteiger partial charge in [-0.2, -0.15) is 10.2 Å². The predicted octanol–water partition coefficient (Wildman–Crippen LogP) is 1.98. The minimum absolute atomic E-state index is 0.0131. The van der Waals surface area contributed by atoms with Crippen LogP contribution in [-0.2, 0) is 0 Å². The average Bonchev–Trinajstić information content (AvgIpc) is 3.43. The number of carbonyl (C=O) groups excluding carboxylic acids is 1. The number of nitrogens with two attached hydrogens (primary N) is 2. The molecule has 1 aliphatic carbocycles. The summed E-state index contributed by atoms with van der Waals surface area (Å²) in [5, 5.41) is 14.3. The fourth-order valence-corrected chi connectivity index (χ4v) is 3.45. The minimum atomic E-state index is -0.826. The molecule has 0 aromatic carbocycles. The molecule has 3 heterocycles. The van der Waals surface area contributed by atoms with E-state index in [9.17, 15) is 9.18 Å². The lowest BCUT2D eigenvalue weighted by atomic mass is 10.0. The molecule has 12 heteroatoms. The number of hydrogen-bond acceptors (Lipinski definition) is 9. The molecule has 3 aromatic rings. The maximum absolute atomic E-state index is 14.8. The Hall–Kier alpha value is -3.80. The van der Waals surface area contributed by atoms with Gasteiger partial charge in [0.1, 0.15) is 11.5 Å². The summed E-state index contributed by atoms with van der Waals surface area (Å²) in [7, 11) is 1.48. The van der Waals surface area contributed by atoms with Crippen molar-refractivity contribution in [2.75, 3.05) is 17.7 Å². The second-order valence-electron chi connectivity index (χ2n) is 8.06. The van der Waals surface area contributed by atoms with E-state index in [2.05, 4.69) is 30.8 Å². The Morgan fingerprint density at radius 2 is 2.03 bits per heavy atom. The standard InChI is InChI=1S/C21H26FN9O2/c1-11(23)16(7-12-3-4-12)29-20-15(22)9-14(18(24)32)19(30-20)28-13-8-17(21(33-2)25-10-13)31-26-5-6-27-31/h5-6,8-12,16H,3-4,7,23H2,1-2H3,(H2,24,32)(H2,28,29,30)/t11-,16+/m0/s1. The van der Waals surface area contributed by atoms with Gasteiger partial charge in [0, 0.05) is 12.1 Å². The summed E-state index contributed by atoms with van der Waals surface area (Å²) >= 11 is 0. The Labute approximate surface area is 189 Å². The largest absolute Gasteiger partial charge is 0.479 e. The Kier molecular flexibility index (Phi) is 6.36. The summed E-state index contributed by atoms with van der Waals surface area (Å²) in [5.41, 5.74) is 12.4. The summed E-state index contributed by atoms with van der Waals surface area (Å²) in [6.07, 6.45) is 7.62. The van der Waals surface area contributed by atoms with Gasteiger partial charge in [0.2, 0.25) is 5.88 Å². The summed E-state index contributed by atoms with van der Waals surface area (Å²) in [6.45, 7) is 1.86. The van der Waals surface area contributed by atoms with Crippen molar-refractivity contribution in [2.45, 2.75) is 38.3 Å². The van der Waals surface area contributed by atoms with Crippen LogP contribution in [-0.4, -0.2) is 50.1 Å². The van der Waals surface area contributed by atoms with E-state index in [-0.39, 0.29) is 29.3 Å². The molecule has 0 bridgehead atoms. The molecule has 11 nitrogen and oxygen atoms in total. The quantitative estimate of drug-likeness (QED) is 0.358. The van der Waals surface area contributed by atoms with Gasteiger partial charge in [0.05, 0.1) is 37.0 Å². The Bertz CT molecular complexity index is 1130. The number of rotatable bonds is 10. The van der Waals surface area contributed by atoms with E-state index in [1.807, 2.05) is 6.92 Å². The van der Waals surface area contributed by atoms with Crippen LogP contribution in [0, 0.1) is 11.7 Å². The summed E-state index contributed by atoms with van der Waals surface area (Å²) in [4.78, 5) is 21.9. The fourth-order valence-electron chi connectivity index (χ4n) is 3.45. The first-order valence-corrected chi connectivity index (χ1v) is 10.6. The maximum atomic E-state index is 14.8. The van der Waals surface area contributed by atoms with Crippen molar-refractivity contribution in [1.82, 2.24) is 25.0 Å². The molecule has 3 aromatic heterocycles. The molecule has 0 radical (unpaired) electrons. The number of halogens is 1. The smallest absolute Gasteiger partial charge is 0.252 e. The topological polar surface area (TPSA) is 159 Å². The van der Waals surface area contributed by atoms with Crippen LogP contribution in [0.25, 0.3) is 5.69 Å². The van der Waals surface area contributed by atoms with Crippen LogP contribution in [0.4, 0.5) is 21.7 Å². The van der Waals surface area contributed by atoms with E-state index in [0.29, 0.717) is 23.2 Å². The third-order valence-corrected chi connectivity index (χ3v) is 5.40. The van der Waals surface area contributed by atoms with E-state index in [1.165, 1.54) is 30.5 Å². The highest BCUT2D eigenvalue weighted by atomic mass is 19.1. The first kappa shape index (κ1) is 22.4. The highest BCUT2D eigenvalue weighted by molar-refractivity contribution is 5.98. The molecule has 0 spiro atoms. The van der Waals surface area contributed by atoms with Crippen LogP contribution >= 0.6 is 0 Å². The molecule has 1 fully saturated rings. The SMILES string of the molecule is COc1ncc(Nc2nc(N[C@H](CC3CC3)[C@H](C)N)c(F)cc2C(N)=O)cc1-n1nccn1. The number of nitrogens with zero attached hydrogens (tertiary/aromatic N) is 5. The fraction of sp³-hybridized carbons (Fsp3) is 0.381. The lowest BCUT2D eigenvalue weighted by Gasteiger charge is -2.24. The molecule has 33 heavy (non-hydrogen) atoms. The number of pyridine rings is 2. The molecule has 6 N–H and O–H groups in total. The van der Waals surface area contributed by atoms with Crippen LogP contribution < -0.4 is 26.8 Å². The second kappa shape index (κ2) is 9.36. The Balaban J connectivity index is 1.67. The number of methoxy groups -OCH3 is 1. The molecule has 1 aliphatic rings. The van der Waals surface area contributed by atoms with Gasteiger partial charge < -0.3 is 26.8 Å². The monoisotopic (exact) mass is 455 g/mol. The number of primary amides is 1. The zero-order valence-corrected chi connectivity index (χ0v) is 18.3. The summed E-state index contributed by atoms with van der Waals surface area (Å²) < 4.78 is 20.1. The van der Waals surface area contributed by atoms with Gasteiger partial charge in [-0.1, -0.05) is 12.8 Å². The Morgan fingerprint density at radius 3 is 2.64 bits per heavy atom. The van der Waals surface area contributed by atoms with Crippen molar-refractivity contribution >= 4 is 23.2 Å². The molecule has 0 saturated heterocycles. The molecule has 1 saturated carbocycles. The zero-order chi connectivity index (χ0) is 23.5. The first-order valence-electron chi connectivity index (χ1n) is 10.6. The van der Waals surface area contributed by atoms with E-state index < -0.39 is 11.7 Å². The lowest BCUT2D eigenvalue weighted by Crippen LogP contribution is -2.39. The second-order valence-corrected chi connectivity index (χ2v) is 8.06. The zero-order valence-electron chi connectivity index (χ0n) is 18.3. The molecule has 2 atom stereocenters.